The number of anilines is 3. The van der Waals surface area contributed by atoms with Gasteiger partial charge in [0.25, 0.3) is 0 Å². The zero-order chi connectivity index (χ0) is 22.8. The molecule has 0 fully saturated rings. The van der Waals surface area contributed by atoms with Crippen LogP contribution in [-0.2, 0) is 0 Å². The first-order chi connectivity index (χ1) is 15.3. The van der Waals surface area contributed by atoms with Gasteiger partial charge in [-0.25, -0.2) is 0 Å². The largest absolute Gasteiger partial charge is 0.508 e. The molecule has 0 aliphatic heterocycles. The lowest BCUT2D eigenvalue weighted by Gasteiger charge is -2.26. The van der Waals surface area contributed by atoms with Crippen molar-refractivity contribution in [1.82, 2.24) is 0 Å². The highest BCUT2D eigenvalue weighted by atomic mass is 16.5. The van der Waals surface area contributed by atoms with Crippen LogP contribution in [0.1, 0.15) is 16.7 Å². The van der Waals surface area contributed by atoms with Crippen LogP contribution in [0.25, 0.3) is 0 Å². The predicted molar refractivity (Wildman–Crippen MR) is 127 cm³/mol. The van der Waals surface area contributed by atoms with Crippen LogP contribution in [0.15, 0.2) is 78.9 Å². The molecule has 0 unspecified atom stereocenters. The van der Waals surface area contributed by atoms with Crippen LogP contribution in [0.3, 0.4) is 0 Å². The summed E-state index contributed by atoms with van der Waals surface area (Å²) in [5.41, 5.74) is 4.71. The molecule has 0 saturated heterocycles. The summed E-state index contributed by atoms with van der Waals surface area (Å²) in [5, 5.41) is 30.5. The average Bonchev–Trinajstić information content (AvgIpc) is 2.76. The molecule has 0 heterocycles. The fourth-order valence-electron chi connectivity index (χ4n) is 3.43. The molecule has 32 heavy (non-hydrogen) atoms. The van der Waals surface area contributed by atoms with Gasteiger partial charge in [-0.1, -0.05) is 24.3 Å². The Bertz CT molecular complexity index is 1230. The van der Waals surface area contributed by atoms with Crippen LogP contribution in [-0.4, -0.2) is 15.3 Å². The second-order valence-corrected chi connectivity index (χ2v) is 7.83. The summed E-state index contributed by atoms with van der Waals surface area (Å²) >= 11 is 0. The molecule has 0 saturated carbocycles. The van der Waals surface area contributed by atoms with Crippen LogP contribution in [0.5, 0.6) is 28.7 Å². The fourth-order valence-corrected chi connectivity index (χ4v) is 3.43. The van der Waals surface area contributed by atoms with Crippen molar-refractivity contribution >= 4 is 17.1 Å². The molecule has 5 nitrogen and oxygen atoms in total. The summed E-state index contributed by atoms with van der Waals surface area (Å²) in [4.78, 5) is 1.93. The van der Waals surface area contributed by atoms with Crippen molar-refractivity contribution in [3.8, 4) is 28.7 Å². The van der Waals surface area contributed by atoms with Crippen LogP contribution >= 0.6 is 0 Å². The van der Waals surface area contributed by atoms with E-state index in [0.717, 1.165) is 33.8 Å². The lowest BCUT2D eigenvalue weighted by Crippen LogP contribution is -2.10. The van der Waals surface area contributed by atoms with Crippen molar-refractivity contribution < 1.29 is 20.1 Å². The summed E-state index contributed by atoms with van der Waals surface area (Å²) in [6.07, 6.45) is 0. The number of benzene rings is 4. The first-order valence-corrected chi connectivity index (χ1v) is 10.3. The first kappa shape index (κ1) is 21.1. The van der Waals surface area contributed by atoms with E-state index in [4.69, 9.17) is 4.74 Å². The molecule has 4 aromatic rings. The SMILES string of the molecule is Cc1ccc(N(c2cccc(Oc3cc(O)ccc3C)c2)c2ccc(C)c(O)c2)cc1O. The number of hydrogen-bond donors (Lipinski definition) is 3. The molecule has 3 N–H and O–H groups in total. The monoisotopic (exact) mass is 427 g/mol. The Balaban J connectivity index is 1.80. The number of aromatic hydroxyl groups is 3. The van der Waals surface area contributed by atoms with Crippen molar-refractivity contribution in [2.24, 2.45) is 0 Å². The van der Waals surface area contributed by atoms with Gasteiger partial charge in [-0.05, 0) is 67.8 Å². The molecule has 0 aromatic heterocycles. The Kier molecular flexibility index (Phi) is 5.65. The third-order valence-electron chi connectivity index (χ3n) is 5.38. The van der Waals surface area contributed by atoms with Gasteiger partial charge in [-0.15, -0.1) is 0 Å². The number of phenols is 3. The third kappa shape index (κ3) is 4.32. The number of ether oxygens (including phenoxy) is 1. The first-order valence-electron chi connectivity index (χ1n) is 10.3. The zero-order valence-electron chi connectivity index (χ0n) is 18.2. The molecule has 0 amide bonds. The maximum Gasteiger partial charge on any atom is 0.134 e. The van der Waals surface area contributed by atoms with Crippen LogP contribution in [0.4, 0.5) is 17.1 Å². The number of phenolic OH excluding ortho intramolecular Hbond substituents is 3. The summed E-state index contributed by atoms with van der Waals surface area (Å²) in [5.74, 6) is 1.66. The smallest absolute Gasteiger partial charge is 0.134 e. The molecular weight excluding hydrogens is 402 g/mol. The average molecular weight is 428 g/mol. The van der Waals surface area contributed by atoms with E-state index in [1.807, 2.05) is 74.2 Å². The maximum atomic E-state index is 10.3. The third-order valence-corrected chi connectivity index (χ3v) is 5.38. The molecule has 4 rings (SSSR count). The number of hydrogen-bond acceptors (Lipinski definition) is 5. The number of rotatable bonds is 5. The summed E-state index contributed by atoms with van der Waals surface area (Å²) in [6, 6.07) is 23.4. The quantitative estimate of drug-likeness (QED) is 0.320. The normalized spacial score (nSPS) is 10.7. The molecule has 0 radical (unpaired) electrons. The van der Waals surface area contributed by atoms with Gasteiger partial charge in [0.05, 0.1) is 0 Å². The fraction of sp³-hybridized carbons (Fsp3) is 0.111. The molecule has 162 valence electrons. The van der Waals surface area contributed by atoms with Gasteiger partial charge in [-0.2, -0.15) is 0 Å². The van der Waals surface area contributed by atoms with Crippen molar-refractivity contribution in [3.05, 3.63) is 95.6 Å². The van der Waals surface area contributed by atoms with Crippen LogP contribution in [0.2, 0.25) is 0 Å². The second kappa shape index (κ2) is 8.55. The van der Waals surface area contributed by atoms with E-state index in [0.29, 0.717) is 11.5 Å². The van der Waals surface area contributed by atoms with Crippen molar-refractivity contribution in [3.63, 3.8) is 0 Å². The van der Waals surface area contributed by atoms with Gasteiger partial charge in [-0.3, -0.25) is 0 Å². The molecular formula is C27H25NO4. The van der Waals surface area contributed by atoms with E-state index >= 15 is 0 Å². The zero-order valence-corrected chi connectivity index (χ0v) is 18.2. The van der Waals surface area contributed by atoms with Crippen LogP contribution < -0.4 is 9.64 Å². The van der Waals surface area contributed by atoms with E-state index in [1.165, 1.54) is 0 Å². The Morgan fingerprint density at radius 3 is 1.75 bits per heavy atom. The minimum atomic E-state index is 0.133. The van der Waals surface area contributed by atoms with Gasteiger partial charge < -0.3 is 25.0 Å². The van der Waals surface area contributed by atoms with Crippen molar-refractivity contribution in [2.75, 3.05) is 4.90 Å². The highest BCUT2D eigenvalue weighted by molar-refractivity contribution is 5.79. The van der Waals surface area contributed by atoms with E-state index in [-0.39, 0.29) is 17.2 Å². The minimum Gasteiger partial charge on any atom is -0.508 e. The molecule has 0 aliphatic carbocycles. The summed E-state index contributed by atoms with van der Waals surface area (Å²) < 4.78 is 6.05. The topological polar surface area (TPSA) is 73.2 Å². The Labute approximate surface area is 187 Å². The lowest BCUT2D eigenvalue weighted by atomic mass is 10.1. The van der Waals surface area contributed by atoms with Gasteiger partial charge in [0.1, 0.15) is 28.7 Å². The molecule has 0 spiro atoms. The van der Waals surface area contributed by atoms with Gasteiger partial charge >= 0.3 is 0 Å². The van der Waals surface area contributed by atoms with Gasteiger partial charge in [0.15, 0.2) is 0 Å². The van der Waals surface area contributed by atoms with E-state index in [9.17, 15) is 15.3 Å². The van der Waals surface area contributed by atoms with E-state index in [1.54, 1.807) is 30.3 Å². The molecule has 0 bridgehead atoms. The van der Waals surface area contributed by atoms with E-state index < -0.39 is 0 Å². The molecule has 4 aromatic carbocycles. The molecule has 0 atom stereocenters. The Morgan fingerprint density at radius 1 is 0.594 bits per heavy atom. The molecule has 0 aliphatic rings. The van der Waals surface area contributed by atoms with Crippen molar-refractivity contribution in [1.29, 1.82) is 0 Å². The second-order valence-electron chi connectivity index (χ2n) is 7.83. The Hall–Kier alpha value is -4.12. The highest BCUT2D eigenvalue weighted by Crippen LogP contribution is 2.40. The summed E-state index contributed by atoms with van der Waals surface area (Å²) in [6.45, 7) is 5.59. The van der Waals surface area contributed by atoms with Gasteiger partial charge in [0, 0.05) is 41.3 Å². The van der Waals surface area contributed by atoms with Crippen molar-refractivity contribution in [2.45, 2.75) is 20.8 Å². The molecule has 5 heteroatoms. The standard InChI is InChI=1S/C27H25NO4/c1-17-7-10-21(14-25(17)30)28(22-11-8-18(2)26(31)15-22)20-5-4-6-24(13-20)32-27-16-23(29)12-9-19(27)3/h4-16,29-31H,1-3H3. The minimum absolute atomic E-state index is 0.133. The predicted octanol–water partition coefficient (Wildman–Crippen LogP) is 6.99. The summed E-state index contributed by atoms with van der Waals surface area (Å²) in [7, 11) is 0. The van der Waals surface area contributed by atoms with Gasteiger partial charge in [0.2, 0.25) is 0 Å². The maximum absolute atomic E-state index is 10.3. The number of aryl methyl sites for hydroxylation is 3. The Morgan fingerprint density at radius 2 is 1.16 bits per heavy atom. The number of nitrogens with zero attached hydrogens (tertiary/aromatic N) is 1. The lowest BCUT2D eigenvalue weighted by molar-refractivity contribution is 0.453. The van der Waals surface area contributed by atoms with E-state index in [2.05, 4.69) is 0 Å². The highest BCUT2D eigenvalue weighted by Gasteiger charge is 2.16. The van der Waals surface area contributed by atoms with Crippen LogP contribution in [0, 0.1) is 20.8 Å².